The summed E-state index contributed by atoms with van der Waals surface area (Å²) in [6.45, 7) is 2.94. The second-order valence-corrected chi connectivity index (χ2v) is 7.98. The number of carbonyl (C=O) groups excluding carboxylic acids is 2. The number of non-ortho nitro benzene ring substituents is 1. The standard InChI is InChI=1S/C19H22N4O4S/c1-3-21-17(25)19(16(24)20(2)18(21)28)11-12-10-13(23(26)27)7-8-14(12)22-9-5-4-6-15(19)22/h7-8,10,15H,3-6,9,11H2,1-2H3/t15-,19+/m1/s1. The maximum Gasteiger partial charge on any atom is 0.269 e. The van der Waals surface area contributed by atoms with Crippen molar-refractivity contribution < 1.29 is 14.5 Å². The second kappa shape index (κ2) is 6.51. The highest BCUT2D eigenvalue weighted by Gasteiger charge is 2.62. The van der Waals surface area contributed by atoms with Crippen LogP contribution in [0, 0.1) is 15.5 Å². The molecular formula is C19H22N4O4S. The van der Waals surface area contributed by atoms with Gasteiger partial charge in [-0.1, -0.05) is 0 Å². The molecule has 28 heavy (non-hydrogen) atoms. The Morgan fingerprint density at radius 3 is 2.71 bits per heavy atom. The van der Waals surface area contributed by atoms with Crippen LogP contribution >= 0.6 is 12.2 Å². The Hall–Kier alpha value is -2.55. The summed E-state index contributed by atoms with van der Waals surface area (Å²) in [5, 5.41) is 11.5. The largest absolute Gasteiger partial charge is 0.367 e. The molecule has 0 aliphatic carbocycles. The number of carbonyl (C=O) groups is 2. The molecule has 0 unspecified atom stereocenters. The van der Waals surface area contributed by atoms with E-state index in [9.17, 15) is 19.7 Å². The van der Waals surface area contributed by atoms with Crippen molar-refractivity contribution in [3.8, 4) is 0 Å². The highest BCUT2D eigenvalue weighted by atomic mass is 32.1. The van der Waals surface area contributed by atoms with Gasteiger partial charge in [0.15, 0.2) is 10.5 Å². The Bertz CT molecular complexity index is 904. The van der Waals surface area contributed by atoms with E-state index in [1.54, 1.807) is 13.1 Å². The smallest absolute Gasteiger partial charge is 0.269 e. The highest BCUT2D eigenvalue weighted by molar-refractivity contribution is 7.80. The first-order chi connectivity index (χ1) is 13.3. The van der Waals surface area contributed by atoms with Gasteiger partial charge in [-0.3, -0.25) is 29.5 Å². The van der Waals surface area contributed by atoms with Gasteiger partial charge in [-0.05, 0) is 50.0 Å². The molecule has 2 amide bonds. The van der Waals surface area contributed by atoms with Crippen molar-refractivity contribution in [3.05, 3.63) is 33.9 Å². The molecule has 9 heteroatoms. The van der Waals surface area contributed by atoms with E-state index in [4.69, 9.17) is 12.2 Å². The molecule has 4 rings (SSSR count). The summed E-state index contributed by atoms with van der Waals surface area (Å²) in [5.74, 6) is -0.585. The number of hydrogen-bond acceptors (Lipinski definition) is 6. The fourth-order valence-electron chi connectivity index (χ4n) is 4.96. The monoisotopic (exact) mass is 402 g/mol. The lowest BCUT2D eigenvalue weighted by molar-refractivity contribution is -0.384. The summed E-state index contributed by atoms with van der Waals surface area (Å²) in [6.07, 6.45) is 2.78. The number of piperidine rings is 1. The molecule has 3 heterocycles. The van der Waals surface area contributed by atoms with Crippen molar-refractivity contribution in [2.45, 2.75) is 38.6 Å². The summed E-state index contributed by atoms with van der Waals surface area (Å²) in [7, 11) is 1.61. The van der Waals surface area contributed by atoms with E-state index in [1.165, 1.54) is 21.9 Å². The summed E-state index contributed by atoms with van der Waals surface area (Å²) in [6, 6.07) is 4.48. The molecule has 0 N–H and O–H groups in total. The number of benzene rings is 1. The van der Waals surface area contributed by atoms with Crippen LogP contribution in [0.5, 0.6) is 0 Å². The van der Waals surface area contributed by atoms with Crippen molar-refractivity contribution in [1.29, 1.82) is 0 Å². The van der Waals surface area contributed by atoms with Crippen LogP contribution in [0.2, 0.25) is 0 Å². The Balaban J connectivity index is 1.92. The van der Waals surface area contributed by atoms with E-state index in [1.807, 2.05) is 6.92 Å². The van der Waals surface area contributed by atoms with Crippen LogP contribution in [0.25, 0.3) is 0 Å². The number of fused-ring (bicyclic) bond motifs is 4. The van der Waals surface area contributed by atoms with Gasteiger partial charge in [0, 0.05) is 44.4 Å². The van der Waals surface area contributed by atoms with Crippen molar-refractivity contribution >= 4 is 40.5 Å². The quantitative estimate of drug-likeness (QED) is 0.326. The molecule has 3 aliphatic rings. The number of amides is 2. The lowest BCUT2D eigenvalue weighted by Crippen LogP contribution is -2.72. The van der Waals surface area contributed by atoms with E-state index in [-0.39, 0.29) is 35.1 Å². The third-order valence-corrected chi connectivity index (χ3v) is 6.77. The summed E-state index contributed by atoms with van der Waals surface area (Å²) in [4.78, 5) is 42.9. The number of hydrogen-bond donors (Lipinski definition) is 0. The maximum atomic E-state index is 13.6. The highest BCUT2D eigenvalue weighted by Crippen LogP contribution is 2.49. The van der Waals surface area contributed by atoms with Gasteiger partial charge in [0.25, 0.3) is 5.69 Å². The van der Waals surface area contributed by atoms with Gasteiger partial charge in [-0.25, -0.2) is 0 Å². The Morgan fingerprint density at radius 2 is 2.04 bits per heavy atom. The lowest BCUT2D eigenvalue weighted by Gasteiger charge is -2.55. The Kier molecular flexibility index (Phi) is 4.37. The van der Waals surface area contributed by atoms with Crippen molar-refractivity contribution in [1.82, 2.24) is 9.80 Å². The summed E-state index contributed by atoms with van der Waals surface area (Å²) in [5.41, 5.74) is 0.235. The van der Waals surface area contributed by atoms with Gasteiger partial charge in [0.1, 0.15) is 0 Å². The number of nitrogens with zero attached hydrogens (tertiary/aromatic N) is 4. The first-order valence-corrected chi connectivity index (χ1v) is 9.91. The number of thiocarbonyl (C=S) groups is 1. The fourth-order valence-corrected chi connectivity index (χ4v) is 5.25. The minimum absolute atomic E-state index is 0.0312. The van der Waals surface area contributed by atoms with Crippen molar-refractivity contribution in [3.63, 3.8) is 0 Å². The van der Waals surface area contributed by atoms with E-state index in [0.29, 0.717) is 12.1 Å². The minimum atomic E-state index is -1.30. The van der Waals surface area contributed by atoms with Gasteiger partial charge in [0.2, 0.25) is 11.8 Å². The maximum absolute atomic E-state index is 13.6. The van der Waals surface area contributed by atoms with Crippen molar-refractivity contribution in [2.75, 3.05) is 25.0 Å². The predicted octanol–water partition coefficient (Wildman–Crippen LogP) is 2.10. The molecular weight excluding hydrogens is 380 g/mol. The average Bonchev–Trinajstić information content (AvgIpc) is 2.70. The molecule has 0 bridgehead atoms. The second-order valence-electron chi connectivity index (χ2n) is 7.62. The van der Waals surface area contributed by atoms with Crippen LogP contribution < -0.4 is 4.90 Å². The molecule has 2 atom stereocenters. The van der Waals surface area contributed by atoms with E-state index >= 15 is 0 Å². The van der Waals surface area contributed by atoms with Gasteiger partial charge in [0.05, 0.1) is 11.0 Å². The van der Waals surface area contributed by atoms with Gasteiger partial charge in [-0.2, -0.15) is 0 Å². The molecule has 1 spiro atoms. The van der Waals surface area contributed by atoms with E-state index in [0.717, 1.165) is 31.5 Å². The third-order valence-electron chi connectivity index (χ3n) is 6.27. The van der Waals surface area contributed by atoms with Gasteiger partial charge in [-0.15, -0.1) is 0 Å². The molecule has 2 fully saturated rings. The van der Waals surface area contributed by atoms with Crippen LogP contribution in [-0.2, 0) is 16.0 Å². The van der Waals surface area contributed by atoms with Gasteiger partial charge < -0.3 is 4.90 Å². The van der Waals surface area contributed by atoms with E-state index in [2.05, 4.69) is 4.90 Å². The zero-order chi connectivity index (χ0) is 20.2. The molecule has 0 radical (unpaired) electrons. The van der Waals surface area contributed by atoms with E-state index < -0.39 is 10.3 Å². The fraction of sp³-hybridized carbons (Fsp3) is 0.526. The summed E-state index contributed by atoms with van der Waals surface area (Å²) >= 11 is 5.34. The molecule has 148 valence electrons. The zero-order valence-corrected chi connectivity index (χ0v) is 16.7. The third kappa shape index (κ3) is 2.38. The molecule has 8 nitrogen and oxygen atoms in total. The van der Waals surface area contributed by atoms with Crippen LogP contribution in [-0.4, -0.2) is 57.8 Å². The molecule has 1 aromatic rings. The van der Waals surface area contributed by atoms with Crippen LogP contribution in [0.3, 0.4) is 0 Å². The van der Waals surface area contributed by atoms with Crippen LogP contribution in [0.1, 0.15) is 31.7 Å². The average molecular weight is 402 g/mol. The normalized spacial score (nSPS) is 27.1. The molecule has 3 aliphatic heterocycles. The zero-order valence-electron chi connectivity index (χ0n) is 15.9. The Labute approximate surface area is 168 Å². The first kappa shape index (κ1) is 18.8. The van der Waals surface area contributed by atoms with Crippen molar-refractivity contribution in [2.24, 2.45) is 5.41 Å². The molecule has 0 saturated carbocycles. The van der Waals surface area contributed by atoms with Crippen LogP contribution in [0.4, 0.5) is 11.4 Å². The number of anilines is 1. The SMILES string of the molecule is CCN1C(=O)[C@]2(Cc3cc([N+](=O)[O-])ccc3N3CCCC[C@@H]32)C(=O)N(C)C1=S. The van der Waals surface area contributed by atoms with Crippen LogP contribution in [0.15, 0.2) is 18.2 Å². The number of rotatable bonds is 2. The molecule has 2 saturated heterocycles. The predicted molar refractivity (Wildman–Crippen MR) is 107 cm³/mol. The number of nitro groups is 1. The molecule has 0 aromatic heterocycles. The topological polar surface area (TPSA) is 87.0 Å². The first-order valence-electron chi connectivity index (χ1n) is 9.51. The molecule has 1 aromatic carbocycles. The minimum Gasteiger partial charge on any atom is -0.367 e. The summed E-state index contributed by atoms with van der Waals surface area (Å²) < 4.78 is 0. The number of nitro benzene ring substituents is 1. The van der Waals surface area contributed by atoms with Gasteiger partial charge >= 0.3 is 0 Å². The Morgan fingerprint density at radius 1 is 1.29 bits per heavy atom. The lowest BCUT2D eigenvalue weighted by atomic mass is 9.66.